The summed E-state index contributed by atoms with van der Waals surface area (Å²) in [5.74, 6) is 0.575. The van der Waals surface area contributed by atoms with Crippen LogP contribution in [0.25, 0.3) is 0 Å². The number of furan rings is 1. The summed E-state index contributed by atoms with van der Waals surface area (Å²) in [4.78, 5) is 12.4. The van der Waals surface area contributed by atoms with Gasteiger partial charge in [0, 0.05) is 0 Å². The maximum Gasteiger partial charge on any atom is 0.237 e. The molecule has 1 amide bonds. The summed E-state index contributed by atoms with van der Waals surface area (Å²) in [6.07, 6.45) is 3.21. The van der Waals surface area contributed by atoms with E-state index in [1.165, 1.54) is 11.8 Å². The van der Waals surface area contributed by atoms with Gasteiger partial charge in [-0.25, -0.2) is 0 Å². The minimum absolute atomic E-state index is 0.207. The molecular formula is C16H14Cl2N4O2S. The molecule has 1 aromatic carbocycles. The van der Waals surface area contributed by atoms with E-state index in [4.69, 9.17) is 27.6 Å². The number of carbonyl (C=O) groups is 1. The van der Waals surface area contributed by atoms with Crippen LogP contribution in [-0.4, -0.2) is 25.9 Å². The number of hydrogen-bond donors (Lipinski definition) is 1. The highest BCUT2D eigenvalue weighted by atomic mass is 35.5. The van der Waals surface area contributed by atoms with Crippen LogP contribution in [0.4, 0.5) is 5.69 Å². The Bertz CT molecular complexity index is 867. The van der Waals surface area contributed by atoms with E-state index in [0.29, 0.717) is 27.4 Å². The fourth-order valence-electron chi connectivity index (χ4n) is 2.06. The van der Waals surface area contributed by atoms with Crippen molar-refractivity contribution in [1.82, 2.24) is 14.8 Å². The second-order valence-corrected chi connectivity index (χ2v) is 7.26. The van der Waals surface area contributed by atoms with Gasteiger partial charge < -0.3 is 14.3 Å². The number of amides is 1. The molecule has 0 saturated carbocycles. The zero-order valence-electron chi connectivity index (χ0n) is 13.1. The average Bonchev–Trinajstić information content (AvgIpc) is 3.25. The van der Waals surface area contributed by atoms with E-state index in [2.05, 4.69) is 15.5 Å². The number of carbonyl (C=O) groups excluding carboxylic acids is 1. The number of hydrogen-bond acceptors (Lipinski definition) is 5. The Balaban J connectivity index is 1.66. The van der Waals surface area contributed by atoms with Crippen molar-refractivity contribution in [2.75, 3.05) is 5.32 Å². The lowest BCUT2D eigenvalue weighted by atomic mass is 10.3. The molecule has 0 aliphatic rings. The summed E-state index contributed by atoms with van der Waals surface area (Å²) in [6.45, 7) is 2.28. The number of benzene rings is 1. The van der Waals surface area contributed by atoms with E-state index in [9.17, 15) is 4.79 Å². The molecule has 0 fully saturated rings. The standard InChI is InChI=1S/C16H14Cl2N4O2S/c1-10(15(23)20-13-6-2-5-12(17)14(13)18)25-16-21-19-9-22(16)8-11-4-3-7-24-11/h2-7,9-10H,8H2,1H3,(H,20,23). The number of anilines is 1. The quantitative estimate of drug-likeness (QED) is 0.627. The fourth-order valence-corrected chi connectivity index (χ4v) is 3.23. The lowest BCUT2D eigenvalue weighted by Gasteiger charge is -2.13. The summed E-state index contributed by atoms with van der Waals surface area (Å²) in [5, 5.41) is 11.7. The van der Waals surface area contributed by atoms with Crippen molar-refractivity contribution < 1.29 is 9.21 Å². The summed E-state index contributed by atoms with van der Waals surface area (Å²) < 4.78 is 7.14. The first kappa shape index (κ1) is 17.8. The van der Waals surface area contributed by atoms with E-state index in [1.54, 1.807) is 37.7 Å². The van der Waals surface area contributed by atoms with Gasteiger partial charge in [0.15, 0.2) is 5.16 Å². The zero-order chi connectivity index (χ0) is 17.8. The highest BCUT2D eigenvalue weighted by molar-refractivity contribution is 8.00. The number of aromatic nitrogens is 3. The molecule has 0 spiro atoms. The van der Waals surface area contributed by atoms with Gasteiger partial charge in [0.2, 0.25) is 5.91 Å². The molecule has 0 radical (unpaired) electrons. The Morgan fingerprint density at radius 3 is 2.96 bits per heavy atom. The summed E-state index contributed by atoms with van der Waals surface area (Å²) in [5.41, 5.74) is 0.476. The number of rotatable bonds is 6. The molecule has 2 heterocycles. The van der Waals surface area contributed by atoms with Crippen molar-refractivity contribution in [2.45, 2.75) is 23.9 Å². The van der Waals surface area contributed by atoms with Crippen LogP contribution in [0.15, 0.2) is 52.5 Å². The van der Waals surface area contributed by atoms with Gasteiger partial charge in [-0.05, 0) is 31.2 Å². The van der Waals surface area contributed by atoms with Crippen molar-refractivity contribution in [2.24, 2.45) is 0 Å². The topological polar surface area (TPSA) is 73.0 Å². The van der Waals surface area contributed by atoms with Gasteiger partial charge in [0.25, 0.3) is 0 Å². The largest absolute Gasteiger partial charge is 0.467 e. The van der Waals surface area contributed by atoms with Crippen LogP contribution >= 0.6 is 35.0 Å². The van der Waals surface area contributed by atoms with Crippen LogP contribution < -0.4 is 5.32 Å². The summed E-state index contributed by atoms with van der Waals surface area (Å²) in [6, 6.07) is 8.77. The minimum Gasteiger partial charge on any atom is -0.467 e. The fraction of sp³-hybridized carbons (Fsp3) is 0.188. The first-order valence-corrected chi connectivity index (χ1v) is 9.00. The van der Waals surface area contributed by atoms with Gasteiger partial charge >= 0.3 is 0 Å². The maximum atomic E-state index is 12.4. The SMILES string of the molecule is CC(Sc1nncn1Cc1ccco1)C(=O)Nc1cccc(Cl)c1Cl. The van der Waals surface area contributed by atoms with Gasteiger partial charge in [0.05, 0.1) is 33.8 Å². The van der Waals surface area contributed by atoms with Gasteiger partial charge in [-0.1, -0.05) is 41.0 Å². The monoisotopic (exact) mass is 396 g/mol. The van der Waals surface area contributed by atoms with Gasteiger partial charge in [0.1, 0.15) is 12.1 Å². The van der Waals surface area contributed by atoms with Crippen molar-refractivity contribution >= 4 is 46.6 Å². The molecule has 25 heavy (non-hydrogen) atoms. The number of nitrogens with zero attached hydrogens (tertiary/aromatic N) is 3. The smallest absolute Gasteiger partial charge is 0.237 e. The Kier molecular flexibility index (Phi) is 5.67. The maximum absolute atomic E-state index is 12.4. The molecule has 2 aromatic heterocycles. The lowest BCUT2D eigenvalue weighted by molar-refractivity contribution is -0.115. The molecule has 3 rings (SSSR count). The Hall–Kier alpha value is -1.96. The summed E-state index contributed by atoms with van der Waals surface area (Å²) >= 11 is 13.4. The number of halogens is 2. The van der Waals surface area contributed by atoms with E-state index < -0.39 is 5.25 Å². The van der Waals surface area contributed by atoms with Crippen LogP contribution in [0.3, 0.4) is 0 Å². The minimum atomic E-state index is -0.408. The van der Waals surface area contributed by atoms with E-state index in [-0.39, 0.29) is 5.91 Å². The molecule has 0 aliphatic heterocycles. The third kappa shape index (κ3) is 4.36. The molecule has 3 aromatic rings. The van der Waals surface area contributed by atoms with E-state index in [0.717, 1.165) is 5.76 Å². The molecule has 0 saturated heterocycles. The highest BCUT2D eigenvalue weighted by Gasteiger charge is 2.19. The first-order chi connectivity index (χ1) is 12.0. The van der Waals surface area contributed by atoms with E-state index in [1.807, 2.05) is 16.7 Å². The normalized spacial score (nSPS) is 12.1. The van der Waals surface area contributed by atoms with Crippen LogP contribution in [0, 0.1) is 0 Å². The molecule has 1 N–H and O–H groups in total. The Labute approximate surface area is 158 Å². The van der Waals surface area contributed by atoms with E-state index >= 15 is 0 Å². The van der Waals surface area contributed by atoms with Crippen LogP contribution in [0.2, 0.25) is 10.0 Å². The molecule has 0 aliphatic carbocycles. The van der Waals surface area contributed by atoms with Gasteiger partial charge in [-0.15, -0.1) is 10.2 Å². The third-order valence-corrected chi connectivity index (χ3v) is 5.26. The number of thioether (sulfide) groups is 1. The zero-order valence-corrected chi connectivity index (χ0v) is 15.5. The Morgan fingerprint density at radius 1 is 1.36 bits per heavy atom. The van der Waals surface area contributed by atoms with Crippen LogP contribution in [0.5, 0.6) is 0 Å². The molecule has 130 valence electrons. The second-order valence-electron chi connectivity index (χ2n) is 5.17. The molecule has 9 heteroatoms. The first-order valence-electron chi connectivity index (χ1n) is 7.36. The predicted molar refractivity (Wildman–Crippen MR) is 98.2 cm³/mol. The molecule has 6 nitrogen and oxygen atoms in total. The van der Waals surface area contributed by atoms with Crippen LogP contribution in [0.1, 0.15) is 12.7 Å². The third-order valence-electron chi connectivity index (χ3n) is 3.35. The Morgan fingerprint density at radius 2 is 2.20 bits per heavy atom. The number of nitrogens with one attached hydrogen (secondary N) is 1. The van der Waals surface area contributed by atoms with Gasteiger partial charge in [-0.2, -0.15) is 0 Å². The molecule has 1 atom stereocenters. The second kappa shape index (κ2) is 7.95. The molecule has 1 unspecified atom stereocenters. The van der Waals surface area contributed by atoms with Crippen molar-refractivity contribution in [3.63, 3.8) is 0 Å². The lowest BCUT2D eigenvalue weighted by Crippen LogP contribution is -2.23. The molecule has 0 bridgehead atoms. The summed E-state index contributed by atoms with van der Waals surface area (Å²) in [7, 11) is 0. The van der Waals surface area contributed by atoms with Crippen molar-refractivity contribution in [3.05, 3.63) is 58.7 Å². The van der Waals surface area contributed by atoms with Crippen molar-refractivity contribution in [1.29, 1.82) is 0 Å². The highest BCUT2D eigenvalue weighted by Crippen LogP contribution is 2.30. The predicted octanol–water partition coefficient (Wildman–Crippen LogP) is 4.35. The van der Waals surface area contributed by atoms with Crippen molar-refractivity contribution in [3.8, 4) is 0 Å². The molecular weight excluding hydrogens is 383 g/mol. The average molecular weight is 397 g/mol. The van der Waals surface area contributed by atoms with Crippen LogP contribution in [-0.2, 0) is 11.3 Å². The van der Waals surface area contributed by atoms with Gasteiger partial charge in [-0.3, -0.25) is 4.79 Å².